The van der Waals surface area contributed by atoms with Crippen molar-refractivity contribution >= 4 is 17.4 Å². The van der Waals surface area contributed by atoms with Gasteiger partial charge < -0.3 is 10.6 Å². The van der Waals surface area contributed by atoms with Crippen molar-refractivity contribution in [1.82, 2.24) is 5.32 Å². The van der Waals surface area contributed by atoms with Crippen LogP contribution < -0.4 is 10.6 Å². The Morgan fingerprint density at radius 1 is 0.875 bits per heavy atom. The van der Waals surface area contributed by atoms with Crippen LogP contribution in [0, 0.1) is 18.6 Å². The third-order valence-corrected chi connectivity index (χ3v) is 6.89. The molecule has 4 nitrogen and oxygen atoms in total. The summed E-state index contributed by atoms with van der Waals surface area (Å²) in [5.74, 6) is -1.71. The molecule has 204 valence electrons. The fraction of sp³-hybridized carbons (Fsp3) is 0.161. The number of amides is 2. The molecular weight excluding hydrogens is 525 g/mol. The van der Waals surface area contributed by atoms with Crippen molar-refractivity contribution in [2.75, 3.05) is 5.32 Å². The van der Waals surface area contributed by atoms with Gasteiger partial charge in [0.15, 0.2) is 0 Å². The highest BCUT2D eigenvalue weighted by Crippen LogP contribution is 2.42. The normalized spacial score (nSPS) is 15.9. The summed E-state index contributed by atoms with van der Waals surface area (Å²) in [6.45, 7) is 3.77. The van der Waals surface area contributed by atoms with Gasteiger partial charge in [-0.15, -0.1) is 0 Å². The number of urea groups is 1. The van der Waals surface area contributed by atoms with Crippen molar-refractivity contribution in [1.29, 1.82) is 0 Å². The van der Waals surface area contributed by atoms with E-state index in [0.717, 1.165) is 40.5 Å². The second-order valence-electron chi connectivity index (χ2n) is 9.82. The van der Waals surface area contributed by atoms with Crippen LogP contribution in [0.15, 0.2) is 107 Å². The maximum absolute atomic E-state index is 14.8. The number of anilines is 1. The average Bonchev–Trinajstić information content (AvgIpc) is 3.56. The summed E-state index contributed by atoms with van der Waals surface area (Å²) in [6.07, 6.45) is 0.0692. The number of aryl methyl sites for hydroxylation is 1. The molecule has 0 aromatic heterocycles. The van der Waals surface area contributed by atoms with Crippen molar-refractivity contribution in [3.05, 3.63) is 136 Å². The minimum atomic E-state index is -4.84. The standard InChI is InChI=1S/C31H24F5N3O/c1-18-5-3-6-20(11-18)16-30(28-10-9-26-19(2)27(26)17-37-28,21-12-22(31(34,35)36)14-24(33)13-21)39-29(40)38-25-8-4-7-23(32)15-25/h3-15,17H,16H2,1-2H3,(H2,38,39,40)/t30-/m0/s1. The summed E-state index contributed by atoms with van der Waals surface area (Å²) >= 11 is 0. The molecule has 0 saturated carbocycles. The second-order valence-corrected chi connectivity index (χ2v) is 9.82. The lowest BCUT2D eigenvalue weighted by Gasteiger charge is -2.36. The summed E-state index contributed by atoms with van der Waals surface area (Å²) in [5.41, 5.74) is 1.60. The molecule has 3 aromatic carbocycles. The Kier molecular flexibility index (Phi) is 6.91. The highest BCUT2D eigenvalue weighted by molar-refractivity contribution is 6.08. The molecule has 1 aliphatic heterocycles. The Hall–Kier alpha value is -4.53. The van der Waals surface area contributed by atoms with E-state index in [1.165, 1.54) is 18.2 Å². The molecule has 0 saturated heterocycles. The number of benzene rings is 3. The Morgan fingerprint density at radius 3 is 2.35 bits per heavy atom. The smallest absolute Gasteiger partial charge is 0.322 e. The van der Waals surface area contributed by atoms with Crippen LogP contribution in [-0.4, -0.2) is 11.7 Å². The van der Waals surface area contributed by atoms with Gasteiger partial charge in [0.1, 0.15) is 17.2 Å². The van der Waals surface area contributed by atoms with Crippen LogP contribution in [0.2, 0.25) is 0 Å². The quantitative estimate of drug-likeness (QED) is 0.303. The molecule has 0 spiro atoms. The van der Waals surface area contributed by atoms with Crippen LogP contribution >= 0.6 is 0 Å². The minimum absolute atomic E-state index is 0.0591. The fourth-order valence-corrected chi connectivity index (χ4v) is 4.86. The highest BCUT2D eigenvalue weighted by atomic mass is 19.4. The largest absolute Gasteiger partial charge is 0.416 e. The first kappa shape index (κ1) is 27.1. The van der Waals surface area contributed by atoms with Gasteiger partial charge >= 0.3 is 12.2 Å². The van der Waals surface area contributed by atoms with Crippen molar-refractivity contribution in [2.24, 2.45) is 4.99 Å². The van der Waals surface area contributed by atoms with E-state index in [9.17, 15) is 26.7 Å². The molecule has 2 aliphatic rings. The van der Waals surface area contributed by atoms with Gasteiger partial charge in [0.05, 0.1) is 11.3 Å². The predicted octanol–water partition coefficient (Wildman–Crippen LogP) is 7.78. The summed E-state index contributed by atoms with van der Waals surface area (Å²) in [5, 5.41) is 5.33. The topological polar surface area (TPSA) is 53.5 Å². The summed E-state index contributed by atoms with van der Waals surface area (Å²) in [6, 6.07) is 13.8. The molecule has 3 aromatic rings. The molecule has 40 heavy (non-hydrogen) atoms. The zero-order valence-corrected chi connectivity index (χ0v) is 21.5. The number of hydrogen-bond donors (Lipinski definition) is 2. The molecule has 0 bridgehead atoms. The number of nitrogens with one attached hydrogen (secondary N) is 2. The van der Waals surface area contributed by atoms with Gasteiger partial charge in [0.2, 0.25) is 0 Å². The van der Waals surface area contributed by atoms with E-state index in [4.69, 9.17) is 0 Å². The molecule has 1 atom stereocenters. The number of allylic oxidation sites excluding steroid dienone is 4. The van der Waals surface area contributed by atoms with E-state index in [1.54, 1.807) is 30.5 Å². The molecule has 5 rings (SSSR count). The van der Waals surface area contributed by atoms with Crippen LogP contribution in [0.3, 0.4) is 0 Å². The number of halogens is 5. The first-order valence-corrected chi connectivity index (χ1v) is 12.4. The lowest BCUT2D eigenvalue weighted by molar-refractivity contribution is -0.137. The van der Waals surface area contributed by atoms with Gasteiger partial charge in [-0.2, -0.15) is 13.2 Å². The van der Waals surface area contributed by atoms with Crippen molar-refractivity contribution in [3.63, 3.8) is 0 Å². The predicted molar refractivity (Wildman–Crippen MR) is 144 cm³/mol. The van der Waals surface area contributed by atoms with E-state index < -0.39 is 34.9 Å². The number of aliphatic imine (C=N–C) groups is 1. The van der Waals surface area contributed by atoms with Crippen molar-refractivity contribution < 1.29 is 26.7 Å². The minimum Gasteiger partial charge on any atom is -0.322 e. The number of hydrogen-bond acceptors (Lipinski definition) is 2. The maximum Gasteiger partial charge on any atom is 0.416 e. The average molecular weight is 550 g/mol. The van der Waals surface area contributed by atoms with E-state index >= 15 is 0 Å². The van der Waals surface area contributed by atoms with E-state index in [1.807, 2.05) is 26.0 Å². The summed E-state index contributed by atoms with van der Waals surface area (Å²) in [7, 11) is 0. The van der Waals surface area contributed by atoms with Gasteiger partial charge in [-0.25, -0.2) is 13.6 Å². The van der Waals surface area contributed by atoms with E-state index in [0.29, 0.717) is 11.6 Å². The number of fused-ring (bicyclic) bond motifs is 1. The lowest BCUT2D eigenvalue weighted by Crippen LogP contribution is -2.54. The SMILES string of the molecule is CC1=C2C=CC([C@@](Cc3cccc(C)c3)(NC(=O)Nc3cccc(F)c3)c3cc(F)cc(C(F)(F)F)c3)=NC=C12. The first-order chi connectivity index (χ1) is 18.9. The van der Waals surface area contributed by atoms with Crippen LogP contribution in [0.25, 0.3) is 0 Å². The summed E-state index contributed by atoms with van der Waals surface area (Å²) < 4.78 is 70.2. The monoisotopic (exact) mass is 549 g/mol. The zero-order chi connectivity index (χ0) is 28.7. The number of nitrogens with zero attached hydrogens (tertiary/aromatic N) is 1. The summed E-state index contributed by atoms with van der Waals surface area (Å²) in [4.78, 5) is 18.0. The van der Waals surface area contributed by atoms with Crippen LogP contribution in [0.4, 0.5) is 32.4 Å². The Morgan fingerprint density at radius 2 is 1.62 bits per heavy atom. The number of rotatable bonds is 6. The van der Waals surface area contributed by atoms with Crippen molar-refractivity contribution in [3.8, 4) is 0 Å². The fourth-order valence-electron chi connectivity index (χ4n) is 4.86. The Bertz CT molecular complexity index is 1630. The number of carbonyl (C=O) groups is 1. The van der Waals surface area contributed by atoms with Crippen LogP contribution in [-0.2, 0) is 18.1 Å². The first-order valence-electron chi connectivity index (χ1n) is 12.4. The molecule has 9 heteroatoms. The van der Waals surface area contributed by atoms with Crippen molar-refractivity contribution in [2.45, 2.75) is 32.0 Å². The van der Waals surface area contributed by atoms with Gasteiger partial charge in [0.25, 0.3) is 0 Å². The Balaban J connectivity index is 1.69. The number of carbonyl (C=O) groups excluding carboxylic acids is 1. The third kappa shape index (κ3) is 5.59. The van der Waals surface area contributed by atoms with Crippen LogP contribution in [0.5, 0.6) is 0 Å². The Labute approximate surface area is 227 Å². The van der Waals surface area contributed by atoms with E-state index in [-0.39, 0.29) is 23.4 Å². The molecule has 1 heterocycles. The van der Waals surface area contributed by atoms with Gasteiger partial charge in [-0.05, 0) is 78.6 Å². The molecule has 2 N–H and O–H groups in total. The number of alkyl halides is 3. The molecule has 2 amide bonds. The zero-order valence-electron chi connectivity index (χ0n) is 21.5. The molecule has 0 unspecified atom stereocenters. The van der Waals surface area contributed by atoms with Gasteiger partial charge in [-0.3, -0.25) is 4.99 Å². The second kappa shape index (κ2) is 10.2. The molecule has 0 fully saturated rings. The molecule has 0 radical (unpaired) electrons. The van der Waals surface area contributed by atoms with Gasteiger partial charge in [0, 0.05) is 23.9 Å². The molecule has 1 aliphatic carbocycles. The lowest BCUT2D eigenvalue weighted by atomic mass is 9.78. The third-order valence-electron chi connectivity index (χ3n) is 6.89. The maximum atomic E-state index is 14.8. The van der Waals surface area contributed by atoms with E-state index in [2.05, 4.69) is 15.6 Å². The molecular formula is C31H24F5N3O. The van der Waals surface area contributed by atoms with Gasteiger partial charge in [-0.1, -0.05) is 42.0 Å². The highest BCUT2D eigenvalue weighted by Gasteiger charge is 2.42. The van der Waals surface area contributed by atoms with Crippen LogP contribution in [0.1, 0.15) is 29.2 Å².